The third-order valence-electron chi connectivity index (χ3n) is 5.65. The lowest BCUT2D eigenvalue weighted by atomic mass is 10.1. The molecule has 1 fully saturated rings. The number of benzene rings is 2. The minimum Gasteiger partial charge on any atom is -0.457 e. The third-order valence-corrected chi connectivity index (χ3v) is 6.80. The molecule has 1 aliphatic rings. The topological polar surface area (TPSA) is 61.9 Å². The molecule has 0 saturated carbocycles. The van der Waals surface area contributed by atoms with Crippen molar-refractivity contribution >= 4 is 40.4 Å². The minimum absolute atomic E-state index is 0.106. The molecular formula is C26H28ClN3O3S. The summed E-state index contributed by atoms with van der Waals surface area (Å²) < 4.78 is 5.89. The summed E-state index contributed by atoms with van der Waals surface area (Å²) in [4.78, 5) is 31.2. The molecule has 0 spiro atoms. The van der Waals surface area contributed by atoms with E-state index in [0.717, 1.165) is 10.6 Å². The van der Waals surface area contributed by atoms with Crippen molar-refractivity contribution < 1.29 is 14.3 Å². The Morgan fingerprint density at radius 2 is 1.68 bits per heavy atom. The normalized spacial score (nSPS) is 18.9. The van der Waals surface area contributed by atoms with Gasteiger partial charge in [-0.25, -0.2) is 0 Å². The van der Waals surface area contributed by atoms with E-state index in [1.54, 1.807) is 24.3 Å². The van der Waals surface area contributed by atoms with Crippen molar-refractivity contribution in [1.82, 2.24) is 10.2 Å². The Morgan fingerprint density at radius 1 is 1.03 bits per heavy atom. The van der Waals surface area contributed by atoms with Crippen molar-refractivity contribution in [2.45, 2.75) is 32.0 Å². The van der Waals surface area contributed by atoms with Crippen molar-refractivity contribution in [3.63, 3.8) is 0 Å². The fourth-order valence-corrected chi connectivity index (χ4v) is 5.22. The number of carbonyl (C=O) groups excluding carboxylic acids is 2. The number of hydrogen-bond donors (Lipinski definition) is 1. The number of nitrogens with zero attached hydrogens (tertiary/aromatic N) is 2. The summed E-state index contributed by atoms with van der Waals surface area (Å²) in [6.07, 6.45) is 0. The Balaban J connectivity index is 1.66. The van der Waals surface area contributed by atoms with Crippen LogP contribution >= 0.6 is 22.9 Å². The van der Waals surface area contributed by atoms with Gasteiger partial charge in [0, 0.05) is 35.7 Å². The van der Waals surface area contributed by atoms with E-state index in [1.807, 2.05) is 52.7 Å². The largest absolute Gasteiger partial charge is 0.457 e. The van der Waals surface area contributed by atoms with E-state index < -0.39 is 6.04 Å². The fourth-order valence-electron chi connectivity index (χ4n) is 4.29. The molecular weight excluding hydrogens is 470 g/mol. The second kappa shape index (κ2) is 11.0. The Bertz CT molecular complexity index is 1080. The maximum absolute atomic E-state index is 13.9. The number of piperazine rings is 1. The van der Waals surface area contributed by atoms with Gasteiger partial charge < -0.3 is 15.0 Å². The Morgan fingerprint density at radius 3 is 2.26 bits per heavy atom. The summed E-state index contributed by atoms with van der Waals surface area (Å²) in [7, 11) is 0. The maximum atomic E-state index is 13.9. The molecule has 0 radical (unpaired) electrons. The Hall–Kier alpha value is -2.87. The van der Waals surface area contributed by atoms with Crippen LogP contribution in [0.4, 0.5) is 5.69 Å². The second-order valence-electron chi connectivity index (χ2n) is 8.44. The van der Waals surface area contributed by atoms with Crippen LogP contribution in [-0.2, 0) is 9.59 Å². The highest BCUT2D eigenvalue weighted by Crippen LogP contribution is 2.34. The number of rotatable bonds is 7. The SMILES string of the molecule is CC1CN(C(=O)C(c2cccs2)N(C(=O)CCl)c2ccc(Oc3ccccc3)cc2)CC(C)N1. The number of anilines is 1. The van der Waals surface area contributed by atoms with Gasteiger partial charge in [-0.3, -0.25) is 14.5 Å². The number of para-hydroxylation sites is 1. The van der Waals surface area contributed by atoms with Gasteiger partial charge in [0.1, 0.15) is 23.4 Å². The summed E-state index contributed by atoms with van der Waals surface area (Å²) in [5, 5.41) is 5.37. The zero-order valence-electron chi connectivity index (χ0n) is 19.2. The van der Waals surface area contributed by atoms with Gasteiger partial charge in [0.15, 0.2) is 0 Å². The van der Waals surface area contributed by atoms with Gasteiger partial charge in [0.2, 0.25) is 5.91 Å². The number of alkyl halides is 1. The van der Waals surface area contributed by atoms with Gasteiger partial charge in [-0.2, -0.15) is 0 Å². The molecule has 3 atom stereocenters. The average Bonchev–Trinajstić information content (AvgIpc) is 3.37. The summed E-state index contributed by atoms with van der Waals surface area (Å²) in [5.41, 5.74) is 0.592. The van der Waals surface area contributed by atoms with E-state index >= 15 is 0 Å². The molecule has 2 aromatic carbocycles. The molecule has 0 bridgehead atoms. The zero-order chi connectivity index (χ0) is 24.1. The molecule has 4 rings (SSSR count). The number of ether oxygens (including phenoxy) is 1. The lowest BCUT2D eigenvalue weighted by molar-refractivity contribution is -0.136. The van der Waals surface area contributed by atoms with Gasteiger partial charge in [0.05, 0.1) is 0 Å². The molecule has 34 heavy (non-hydrogen) atoms. The summed E-state index contributed by atoms with van der Waals surface area (Å²) >= 11 is 7.49. The smallest absolute Gasteiger partial charge is 0.251 e. The van der Waals surface area contributed by atoms with E-state index in [9.17, 15) is 9.59 Å². The maximum Gasteiger partial charge on any atom is 0.251 e. The monoisotopic (exact) mass is 497 g/mol. The molecule has 8 heteroatoms. The van der Waals surface area contributed by atoms with Gasteiger partial charge in [-0.05, 0) is 61.7 Å². The van der Waals surface area contributed by atoms with Crippen LogP contribution in [0.5, 0.6) is 11.5 Å². The minimum atomic E-state index is -0.787. The molecule has 1 saturated heterocycles. The number of halogens is 1. The molecule has 3 unspecified atom stereocenters. The highest BCUT2D eigenvalue weighted by Gasteiger charge is 2.37. The molecule has 1 aliphatic heterocycles. The van der Waals surface area contributed by atoms with Gasteiger partial charge in [-0.15, -0.1) is 22.9 Å². The highest BCUT2D eigenvalue weighted by molar-refractivity contribution is 7.10. The van der Waals surface area contributed by atoms with E-state index in [1.165, 1.54) is 16.2 Å². The molecule has 6 nitrogen and oxygen atoms in total. The Kier molecular flexibility index (Phi) is 7.88. The number of carbonyl (C=O) groups is 2. The first kappa shape index (κ1) is 24.3. The first-order chi connectivity index (χ1) is 16.5. The van der Waals surface area contributed by atoms with Crippen LogP contribution in [0.25, 0.3) is 0 Å². The summed E-state index contributed by atoms with van der Waals surface area (Å²) in [6, 6.07) is 20.0. The zero-order valence-corrected chi connectivity index (χ0v) is 20.8. The molecule has 178 valence electrons. The van der Waals surface area contributed by atoms with E-state index in [-0.39, 0.29) is 29.8 Å². The number of thiophene rings is 1. The summed E-state index contributed by atoms with van der Waals surface area (Å²) in [6.45, 7) is 5.28. The van der Waals surface area contributed by atoms with Crippen LogP contribution < -0.4 is 15.0 Å². The molecule has 0 aliphatic carbocycles. The standard InChI is InChI=1S/C26H28ClN3O3S/c1-18-16-29(17-19(2)28-18)26(32)25(23-9-6-14-34-23)30(24(31)15-27)20-10-12-22(13-11-20)33-21-7-4-3-5-8-21/h3-14,18-19,25,28H,15-17H2,1-2H3. The third kappa shape index (κ3) is 5.60. The molecule has 2 heterocycles. The van der Waals surface area contributed by atoms with Crippen molar-refractivity contribution in [2.75, 3.05) is 23.9 Å². The van der Waals surface area contributed by atoms with Gasteiger partial charge in [-0.1, -0.05) is 24.3 Å². The molecule has 3 aromatic rings. The van der Waals surface area contributed by atoms with Crippen LogP contribution in [0.3, 0.4) is 0 Å². The van der Waals surface area contributed by atoms with E-state index in [0.29, 0.717) is 24.5 Å². The Labute approximate surface area is 209 Å². The highest BCUT2D eigenvalue weighted by atomic mass is 35.5. The first-order valence-corrected chi connectivity index (χ1v) is 12.7. The number of amides is 2. The van der Waals surface area contributed by atoms with Crippen LogP contribution in [0.15, 0.2) is 72.1 Å². The summed E-state index contributed by atoms with van der Waals surface area (Å²) in [5.74, 6) is 0.688. The lowest BCUT2D eigenvalue weighted by Gasteiger charge is -2.40. The first-order valence-electron chi connectivity index (χ1n) is 11.3. The van der Waals surface area contributed by atoms with Crippen LogP contribution in [-0.4, -0.2) is 47.8 Å². The van der Waals surface area contributed by atoms with Crippen molar-refractivity contribution in [3.05, 3.63) is 77.0 Å². The van der Waals surface area contributed by atoms with Crippen molar-refractivity contribution in [3.8, 4) is 11.5 Å². The quantitative estimate of drug-likeness (QED) is 0.463. The number of hydrogen-bond acceptors (Lipinski definition) is 5. The molecule has 2 amide bonds. The number of nitrogens with one attached hydrogen (secondary N) is 1. The predicted molar refractivity (Wildman–Crippen MR) is 137 cm³/mol. The lowest BCUT2D eigenvalue weighted by Crippen LogP contribution is -2.58. The van der Waals surface area contributed by atoms with Crippen LogP contribution in [0.1, 0.15) is 24.8 Å². The predicted octanol–water partition coefficient (Wildman–Crippen LogP) is 5.06. The van der Waals surface area contributed by atoms with E-state index in [2.05, 4.69) is 19.2 Å². The average molecular weight is 498 g/mol. The molecule has 1 aromatic heterocycles. The van der Waals surface area contributed by atoms with Crippen molar-refractivity contribution in [2.24, 2.45) is 0 Å². The van der Waals surface area contributed by atoms with Gasteiger partial charge >= 0.3 is 0 Å². The van der Waals surface area contributed by atoms with Crippen molar-refractivity contribution in [1.29, 1.82) is 0 Å². The molecule has 1 N–H and O–H groups in total. The van der Waals surface area contributed by atoms with Crippen LogP contribution in [0, 0.1) is 0 Å². The van der Waals surface area contributed by atoms with Gasteiger partial charge in [0.25, 0.3) is 5.91 Å². The van der Waals surface area contributed by atoms with E-state index in [4.69, 9.17) is 16.3 Å². The second-order valence-corrected chi connectivity index (χ2v) is 9.68. The fraction of sp³-hybridized carbons (Fsp3) is 0.308. The van der Waals surface area contributed by atoms with Crippen LogP contribution in [0.2, 0.25) is 0 Å².